The van der Waals surface area contributed by atoms with Crippen LogP contribution in [0.3, 0.4) is 0 Å². The molecule has 0 bridgehead atoms. The fourth-order valence-corrected chi connectivity index (χ4v) is 4.05. The van der Waals surface area contributed by atoms with Gasteiger partial charge in [-0.05, 0) is 43.4 Å². The monoisotopic (exact) mass is 349 g/mol. The number of hydrogen-bond acceptors (Lipinski definition) is 4. The van der Waals surface area contributed by atoms with Crippen LogP contribution in [0.5, 0.6) is 0 Å². The standard InChI is InChI=1S/C16H16ClN3O2S/c17-8-13(21)20-16-14(11-5-1-2-6-12(11)23-16)15(22)19-10-4-3-7-18-9-10/h3-4,7,9H,1-2,5-6,8H2,(H,19,22)(H,20,21). The average Bonchev–Trinajstić information content (AvgIpc) is 2.93. The molecule has 5 nitrogen and oxygen atoms in total. The molecule has 0 radical (unpaired) electrons. The normalized spacial score (nSPS) is 13.3. The molecule has 0 aromatic carbocycles. The summed E-state index contributed by atoms with van der Waals surface area (Å²) in [5.74, 6) is -0.658. The van der Waals surface area contributed by atoms with Gasteiger partial charge in [-0.2, -0.15) is 0 Å². The molecule has 0 saturated heterocycles. The van der Waals surface area contributed by atoms with E-state index in [0.29, 0.717) is 16.3 Å². The minimum Gasteiger partial charge on any atom is -0.320 e. The minimum atomic E-state index is -0.305. The van der Waals surface area contributed by atoms with Crippen LogP contribution in [0.15, 0.2) is 24.5 Å². The van der Waals surface area contributed by atoms with E-state index in [1.807, 2.05) is 0 Å². The van der Waals surface area contributed by atoms with Gasteiger partial charge in [0.05, 0.1) is 17.4 Å². The maximum atomic E-state index is 12.7. The Kier molecular flexibility index (Phi) is 4.93. The van der Waals surface area contributed by atoms with E-state index in [1.54, 1.807) is 24.5 Å². The maximum absolute atomic E-state index is 12.7. The molecular formula is C16H16ClN3O2S. The van der Waals surface area contributed by atoms with Crippen molar-refractivity contribution in [2.75, 3.05) is 16.5 Å². The predicted molar refractivity (Wildman–Crippen MR) is 92.5 cm³/mol. The smallest absolute Gasteiger partial charge is 0.259 e. The first kappa shape index (κ1) is 16.0. The minimum absolute atomic E-state index is 0.133. The van der Waals surface area contributed by atoms with E-state index in [9.17, 15) is 9.59 Å². The lowest BCUT2D eigenvalue weighted by Gasteiger charge is -2.13. The second kappa shape index (κ2) is 7.10. The van der Waals surface area contributed by atoms with Gasteiger partial charge in [-0.25, -0.2) is 0 Å². The number of aromatic nitrogens is 1. The number of carbonyl (C=O) groups excluding carboxylic acids is 2. The molecule has 0 atom stereocenters. The highest BCUT2D eigenvalue weighted by Crippen LogP contribution is 2.38. The highest BCUT2D eigenvalue weighted by Gasteiger charge is 2.26. The van der Waals surface area contributed by atoms with Crippen molar-refractivity contribution in [3.8, 4) is 0 Å². The summed E-state index contributed by atoms with van der Waals surface area (Å²) in [5.41, 5.74) is 2.24. The van der Waals surface area contributed by atoms with Crippen LogP contribution >= 0.6 is 22.9 Å². The van der Waals surface area contributed by atoms with E-state index in [-0.39, 0.29) is 17.7 Å². The SMILES string of the molecule is O=C(CCl)Nc1sc2c(c1C(=O)Nc1cccnc1)CCCC2. The van der Waals surface area contributed by atoms with Crippen molar-refractivity contribution >= 4 is 45.4 Å². The molecule has 0 unspecified atom stereocenters. The fourth-order valence-electron chi connectivity index (χ4n) is 2.68. The summed E-state index contributed by atoms with van der Waals surface area (Å²) in [6.45, 7) is 0. The topological polar surface area (TPSA) is 71.1 Å². The van der Waals surface area contributed by atoms with Gasteiger partial charge in [0.2, 0.25) is 5.91 Å². The van der Waals surface area contributed by atoms with Gasteiger partial charge < -0.3 is 10.6 Å². The number of aryl methyl sites for hydroxylation is 1. The molecule has 2 aromatic rings. The number of alkyl halides is 1. The fraction of sp³-hybridized carbons (Fsp3) is 0.312. The number of rotatable bonds is 4. The van der Waals surface area contributed by atoms with Crippen LogP contribution in [-0.2, 0) is 17.6 Å². The van der Waals surface area contributed by atoms with Crippen molar-refractivity contribution in [3.05, 3.63) is 40.5 Å². The van der Waals surface area contributed by atoms with Crippen LogP contribution in [0.25, 0.3) is 0 Å². The lowest BCUT2D eigenvalue weighted by atomic mass is 9.95. The van der Waals surface area contributed by atoms with Gasteiger partial charge in [-0.1, -0.05) is 0 Å². The highest BCUT2D eigenvalue weighted by atomic mass is 35.5. The van der Waals surface area contributed by atoms with Crippen LogP contribution in [0.1, 0.15) is 33.6 Å². The Morgan fingerprint density at radius 1 is 1.26 bits per heavy atom. The number of anilines is 2. The predicted octanol–water partition coefficient (Wildman–Crippen LogP) is 3.45. The van der Waals surface area contributed by atoms with E-state index in [4.69, 9.17) is 11.6 Å². The number of nitrogens with zero attached hydrogens (tertiary/aromatic N) is 1. The van der Waals surface area contributed by atoms with Gasteiger partial charge in [-0.3, -0.25) is 14.6 Å². The summed E-state index contributed by atoms with van der Waals surface area (Å²) in [6.07, 6.45) is 7.21. The summed E-state index contributed by atoms with van der Waals surface area (Å²) in [4.78, 5) is 29.5. The number of amides is 2. The number of hydrogen-bond donors (Lipinski definition) is 2. The summed E-state index contributed by atoms with van der Waals surface area (Å²) < 4.78 is 0. The largest absolute Gasteiger partial charge is 0.320 e. The number of nitrogens with one attached hydrogen (secondary N) is 2. The van der Waals surface area contributed by atoms with Crippen LogP contribution < -0.4 is 10.6 Å². The van der Waals surface area contributed by atoms with Gasteiger partial charge in [0.1, 0.15) is 10.9 Å². The Hall–Kier alpha value is -1.92. The summed E-state index contributed by atoms with van der Waals surface area (Å²) in [7, 11) is 0. The Morgan fingerprint density at radius 3 is 2.83 bits per heavy atom. The summed E-state index contributed by atoms with van der Waals surface area (Å²) in [5, 5.41) is 6.19. The van der Waals surface area contributed by atoms with Gasteiger partial charge in [0, 0.05) is 11.1 Å². The molecule has 2 N–H and O–H groups in total. The average molecular weight is 350 g/mol. The Labute approximate surface area is 143 Å². The van der Waals surface area contributed by atoms with E-state index in [0.717, 1.165) is 31.2 Å². The van der Waals surface area contributed by atoms with Gasteiger partial charge in [0.25, 0.3) is 5.91 Å². The third-order valence-corrected chi connectivity index (χ3v) is 5.14. The molecular weight excluding hydrogens is 334 g/mol. The molecule has 2 heterocycles. The Bertz CT molecular complexity index is 730. The molecule has 1 aliphatic carbocycles. The second-order valence-electron chi connectivity index (χ2n) is 5.29. The number of halogens is 1. The second-order valence-corrected chi connectivity index (χ2v) is 6.67. The summed E-state index contributed by atoms with van der Waals surface area (Å²) >= 11 is 7.05. The van der Waals surface area contributed by atoms with Crippen molar-refractivity contribution in [2.24, 2.45) is 0 Å². The van der Waals surface area contributed by atoms with Crippen LogP contribution in [0.2, 0.25) is 0 Å². The molecule has 1 aliphatic rings. The lowest BCUT2D eigenvalue weighted by molar-refractivity contribution is -0.113. The molecule has 23 heavy (non-hydrogen) atoms. The molecule has 2 aromatic heterocycles. The van der Waals surface area contributed by atoms with Gasteiger partial charge >= 0.3 is 0 Å². The van der Waals surface area contributed by atoms with Gasteiger partial charge in [0.15, 0.2) is 0 Å². The number of thiophene rings is 1. The molecule has 7 heteroatoms. The van der Waals surface area contributed by atoms with Crippen molar-refractivity contribution < 1.29 is 9.59 Å². The van der Waals surface area contributed by atoms with Crippen LogP contribution in [-0.4, -0.2) is 22.7 Å². The quantitative estimate of drug-likeness (QED) is 0.830. The van der Waals surface area contributed by atoms with E-state index < -0.39 is 0 Å². The first-order valence-electron chi connectivity index (χ1n) is 7.40. The zero-order chi connectivity index (χ0) is 16.2. The zero-order valence-corrected chi connectivity index (χ0v) is 14.0. The first-order chi connectivity index (χ1) is 11.2. The number of carbonyl (C=O) groups is 2. The van der Waals surface area contributed by atoms with Gasteiger partial charge in [-0.15, -0.1) is 22.9 Å². The van der Waals surface area contributed by atoms with Crippen molar-refractivity contribution in [1.82, 2.24) is 4.98 Å². The highest BCUT2D eigenvalue weighted by molar-refractivity contribution is 7.17. The molecule has 0 saturated carbocycles. The third-order valence-electron chi connectivity index (χ3n) is 3.69. The molecule has 0 fully saturated rings. The van der Waals surface area contributed by atoms with Crippen molar-refractivity contribution in [2.45, 2.75) is 25.7 Å². The van der Waals surface area contributed by atoms with E-state index >= 15 is 0 Å². The number of fused-ring (bicyclic) bond motifs is 1. The van der Waals surface area contributed by atoms with E-state index in [2.05, 4.69) is 15.6 Å². The Morgan fingerprint density at radius 2 is 2.09 bits per heavy atom. The Balaban J connectivity index is 1.93. The molecule has 0 spiro atoms. The van der Waals surface area contributed by atoms with Crippen LogP contribution in [0.4, 0.5) is 10.7 Å². The lowest BCUT2D eigenvalue weighted by Crippen LogP contribution is -2.19. The summed E-state index contributed by atoms with van der Waals surface area (Å²) in [6, 6.07) is 3.54. The molecule has 0 aliphatic heterocycles. The molecule has 3 rings (SSSR count). The molecule has 2 amide bonds. The third kappa shape index (κ3) is 3.54. The van der Waals surface area contributed by atoms with Crippen molar-refractivity contribution in [3.63, 3.8) is 0 Å². The van der Waals surface area contributed by atoms with Crippen molar-refractivity contribution in [1.29, 1.82) is 0 Å². The zero-order valence-electron chi connectivity index (χ0n) is 12.4. The van der Waals surface area contributed by atoms with Crippen LogP contribution in [0, 0.1) is 0 Å². The maximum Gasteiger partial charge on any atom is 0.259 e. The first-order valence-corrected chi connectivity index (χ1v) is 8.76. The number of pyridine rings is 1. The molecule has 120 valence electrons. The van der Waals surface area contributed by atoms with E-state index in [1.165, 1.54) is 16.2 Å².